The van der Waals surface area contributed by atoms with Gasteiger partial charge in [-0.3, -0.25) is 14.9 Å². The topological polar surface area (TPSA) is 87.9 Å². The summed E-state index contributed by atoms with van der Waals surface area (Å²) in [6, 6.07) is 2.62. The molecule has 1 rings (SSSR count). The van der Waals surface area contributed by atoms with Gasteiger partial charge in [-0.05, 0) is 6.07 Å². The fourth-order valence-electron chi connectivity index (χ4n) is 1.59. The lowest BCUT2D eigenvalue weighted by Crippen LogP contribution is -2.11. The number of hydrogen-bond acceptors (Lipinski definition) is 7. The molecule has 0 saturated carbocycles. The molecule has 20 heavy (non-hydrogen) atoms. The maximum atomic E-state index is 11.5. The molecule has 8 heteroatoms. The Hall–Kier alpha value is -1.96. The van der Waals surface area contributed by atoms with Crippen molar-refractivity contribution in [3.05, 3.63) is 27.8 Å². The van der Waals surface area contributed by atoms with Crippen molar-refractivity contribution >= 4 is 24.3 Å². The predicted octanol–water partition coefficient (Wildman–Crippen LogP) is 1.63. The average molecular weight is 301 g/mol. The molecular weight excluding hydrogens is 286 g/mol. The molecule has 0 aliphatic rings. The van der Waals surface area contributed by atoms with Crippen molar-refractivity contribution in [2.75, 3.05) is 26.6 Å². The van der Waals surface area contributed by atoms with E-state index in [1.807, 2.05) is 0 Å². The van der Waals surface area contributed by atoms with Gasteiger partial charge in [0.15, 0.2) is 11.5 Å². The molecule has 0 fully saturated rings. The van der Waals surface area contributed by atoms with Gasteiger partial charge in [0, 0.05) is 11.3 Å². The summed E-state index contributed by atoms with van der Waals surface area (Å²) in [5.41, 5.74) is -0.0118. The lowest BCUT2D eigenvalue weighted by atomic mass is 10.1. The highest BCUT2D eigenvalue weighted by Gasteiger charge is 2.21. The van der Waals surface area contributed by atoms with Gasteiger partial charge in [0.2, 0.25) is 0 Å². The number of benzene rings is 1. The molecule has 0 spiro atoms. The molecule has 0 unspecified atom stereocenters. The maximum absolute atomic E-state index is 11.5. The Labute approximate surface area is 121 Å². The third-order valence-electron chi connectivity index (χ3n) is 2.47. The third kappa shape index (κ3) is 4.02. The van der Waals surface area contributed by atoms with Crippen LogP contribution in [0, 0.1) is 10.1 Å². The summed E-state index contributed by atoms with van der Waals surface area (Å²) >= 11 is 3.91. The van der Waals surface area contributed by atoms with Gasteiger partial charge in [-0.2, -0.15) is 12.6 Å². The number of carbonyl (C=O) groups is 1. The van der Waals surface area contributed by atoms with Crippen LogP contribution in [-0.2, 0) is 16.0 Å². The van der Waals surface area contributed by atoms with Crippen LogP contribution in [0.3, 0.4) is 0 Å². The fraction of sp³-hybridized carbons (Fsp3) is 0.417. The molecule has 0 N–H and O–H groups in total. The number of carbonyl (C=O) groups excluding carboxylic acids is 1. The van der Waals surface area contributed by atoms with Gasteiger partial charge in [-0.15, -0.1) is 0 Å². The minimum absolute atomic E-state index is 0.156. The van der Waals surface area contributed by atoms with E-state index in [-0.39, 0.29) is 30.0 Å². The first-order valence-corrected chi connectivity index (χ1v) is 6.32. The number of nitro groups is 1. The summed E-state index contributed by atoms with van der Waals surface area (Å²) in [4.78, 5) is 22.0. The van der Waals surface area contributed by atoms with E-state index in [0.717, 1.165) is 0 Å². The Morgan fingerprint density at radius 1 is 1.30 bits per heavy atom. The van der Waals surface area contributed by atoms with E-state index < -0.39 is 10.9 Å². The first-order valence-electron chi connectivity index (χ1n) is 5.69. The minimum Gasteiger partial charge on any atom is -0.493 e. The second kappa shape index (κ2) is 7.59. The molecule has 0 amide bonds. The van der Waals surface area contributed by atoms with Gasteiger partial charge in [-0.25, -0.2) is 0 Å². The highest BCUT2D eigenvalue weighted by molar-refractivity contribution is 7.80. The number of ether oxygens (including phenoxy) is 3. The molecule has 0 saturated heterocycles. The molecule has 0 aliphatic carbocycles. The molecular formula is C12H15NO6S. The lowest BCUT2D eigenvalue weighted by molar-refractivity contribution is -0.385. The quantitative estimate of drug-likeness (QED) is 0.356. The Kier molecular flexibility index (Phi) is 6.10. The van der Waals surface area contributed by atoms with Crippen LogP contribution in [0.25, 0.3) is 0 Å². The normalized spacial score (nSPS) is 9.95. The summed E-state index contributed by atoms with van der Waals surface area (Å²) < 4.78 is 14.9. The van der Waals surface area contributed by atoms with Crippen molar-refractivity contribution in [1.29, 1.82) is 0 Å². The van der Waals surface area contributed by atoms with Crippen molar-refractivity contribution in [2.24, 2.45) is 0 Å². The summed E-state index contributed by atoms with van der Waals surface area (Å²) in [6.45, 7) is 0.156. The van der Waals surface area contributed by atoms with Gasteiger partial charge in [0.1, 0.15) is 6.61 Å². The Balaban J connectivity index is 3.09. The molecule has 0 bridgehead atoms. The zero-order valence-corrected chi connectivity index (χ0v) is 12.0. The van der Waals surface area contributed by atoms with Crippen molar-refractivity contribution in [3.8, 4) is 11.5 Å². The van der Waals surface area contributed by atoms with Gasteiger partial charge in [0.05, 0.1) is 31.6 Å². The van der Waals surface area contributed by atoms with Crippen LogP contribution < -0.4 is 9.47 Å². The van der Waals surface area contributed by atoms with E-state index >= 15 is 0 Å². The van der Waals surface area contributed by atoms with E-state index in [1.54, 1.807) is 0 Å². The first kappa shape index (κ1) is 16.1. The van der Waals surface area contributed by atoms with Gasteiger partial charge in [0.25, 0.3) is 5.69 Å². The molecule has 1 aromatic rings. The Morgan fingerprint density at radius 3 is 2.40 bits per heavy atom. The molecule has 1 aromatic carbocycles. The first-order chi connectivity index (χ1) is 9.53. The number of nitro benzene ring substituents is 1. The van der Waals surface area contributed by atoms with Gasteiger partial charge in [-0.1, -0.05) is 0 Å². The number of nitrogens with zero attached hydrogens (tertiary/aromatic N) is 1. The number of thiol groups is 1. The molecule has 7 nitrogen and oxygen atoms in total. The second-order valence-corrected chi connectivity index (χ2v) is 4.16. The van der Waals surface area contributed by atoms with Crippen LogP contribution in [0.5, 0.6) is 11.5 Å². The molecule has 0 aliphatic heterocycles. The number of rotatable bonds is 7. The van der Waals surface area contributed by atoms with E-state index in [2.05, 4.69) is 12.6 Å². The van der Waals surface area contributed by atoms with Crippen LogP contribution in [-0.4, -0.2) is 37.5 Å². The summed E-state index contributed by atoms with van der Waals surface area (Å²) in [7, 11) is 2.79. The van der Waals surface area contributed by atoms with Crippen LogP contribution in [0.2, 0.25) is 0 Å². The van der Waals surface area contributed by atoms with E-state index in [9.17, 15) is 14.9 Å². The number of methoxy groups -OCH3 is 2. The highest BCUT2D eigenvalue weighted by atomic mass is 32.1. The zero-order valence-electron chi connectivity index (χ0n) is 11.1. The summed E-state index contributed by atoms with van der Waals surface area (Å²) in [5.74, 6) is 0.371. The van der Waals surface area contributed by atoms with Gasteiger partial charge < -0.3 is 14.2 Å². The largest absolute Gasteiger partial charge is 0.493 e. The number of esters is 1. The van der Waals surface area contributed by atoms with E-state index in [1.165, 1.54) is 26.4 Å². The molecule has 0 atom stereocenters. The summed E-state index contributed by atoms with van der Waals surface area (Å²) in [5, 5.41) is 11.0. The maximum Gasteiger partial charge on any atom is 0.310 e. The fourth-order valence-corrected chi connectivity index (χ4v) is 1.68. The van der Waals surface area contributed by atoms with Crippen molar-refractivity contribution in [3.63, 3.8) is 0 Å². The monoisotopic (exact) mass is 301 g/mol. The van der Waals surface area contributed by atoms with Crippen molar-refractivity contribution in [2.45, 2.75) is 6.42 Å². The zero-order chi connectivity index (χ0) is 15.1. The van der Waals surface area contributed by atoms with Crippen LogP contribution in [0.15, 0.2) is 12.1 Å². The SMILES string of the molecule is COc1cc(CC(=O)OCCS)c([N+](=O)[O-])cc1OC. The van der Waals surface area contributed by atoms with E-state index in [0.29, 0.717) is 11.5 Å². The molecule has 110 valence electrons. The average Bonchev–Trinajstić information content (AvgIpc) is 2.44. The Morgan fingerprint density at radius 2 is 1.90 bits per heavy atom. The van der Waals surface area contributed by atoms with Crippen LogP contribution in [0.4, 0.5) is 5.69 Å². The third-order valence-corrected chi connectivity index (χ3v) is 2.65. The Bertz CT molecular complexity index is 505. The van der Waals surface area contributed by atoms with Crippen molar-refractivity contribution < 1.29 is 23.9 Å². The van der Waals surface area contributed by atoms with Gasteiger partial charge >= 0.3 is 5.97 Å². The van der Waals surface area contributed by atoms with E-state index in [4.69, 9.17) is 14.2 Å². The summed E-state index contributed by atoms with van der Waals surface area (Å²) in [6.07, 6.45) is -0.218. The smallest absolute Gasteiger partial charge is 0.310 e. The van der Waals surface area contributed by atoms with Crippen molar-refractivity contribution in [1.82, 2.24) is 0 Å². The standard InChI is InChI=1S/C12H15NO6S/c1-17-10-5-8(6-12(14)19-3-4-20)9(13(15)16)7-11(10)18-2/h5,7,20H,3-4,6H2,1-2H3. The molecule has 0 aromatic heterocycles. The lowest BCUT2D eigenvalue weighted by Gasteiger charge is -2.10. The number of hydrogen-bond donors (Lipinski definition) is 1. The second-order valence-electron chi connectivity index (χ2n) is 3.71. The predicted molar refractivity (Wildman–Crippen MR) is 74.7 cm³/mol. The van der Waals surface area contributed by atoms with Crippen LogP contribution >= 0.6 is 12.6 Å². The molecule has 0 heterocycles. The van der Waals surface area contributed by atoms with Crippen LogP contribution in [0.1, 0.15) is 5.56 Å². The molecule has 0 radical (unpaired) electrons. The minimum atomic E-state index is -0.580. The highest BCUT2D eigenvalue weighted by Crippen LogP contribution is 2.34.